The first kappa shape index (κ1) is 56.0. The van der Waals surface area contributed by atoms with Crippen LogP contribution in [-0.4, -0.2) is 167 Å². The van der Waals surface area contributed by atoms with Gasteiger partial charge in [0, 0.05) is 35.7 Å². The second kappa shape index (κ2) is 24.8. The van der Waals surface area contributed by atoms with Crippen LogP contribution in [0.15, 0.2) is 103 Å². The van der Waals surface area contributed by atoms with E-state index in [1.807, 2.05) is 54.6 Å². The van der Waals surface area contributed by atoms with Crippen LogP contribution >= 0.6 is 0 Å². The normalized spacial score (nSPS) is 26.6. The number of hydrogen-bond donors (Lipinski definition) is 12. The molecule has 3 aliphatic rings. The smallest absolute Gasteiger partial charge is 0.251 e. The minimum Gasteiger partial charge on any atom is -0.508 e. The molecule has 402 valence electrons. The highest BCUT2D eigenvalue weighted by Gasteiger charge is 2.49. The number of aliphatic hydroxyl groups is 6. The molecular weight excluding hydrogens is 983 g/mol. The highest BCUT2D eigenvalue weighted by atomic mass is 16.3. The Labute approximate surface area is 438 Å². The van der Waals surface area contributed by atoms with E-state index in [2.05, 4.69) is 38.4 Å². The molecular formula is C55H63N7O14. The molecule has 4 aromatic carbocycles. The second-order valence-corrected chi connectivity index (χ2v) is 19.5. The van der Waals surface area contributed by atoms with Gasteiger partial charge in [0.15, 0.2) is 0 Å². The number of aliphatic hydroxyl groups excluding tert-OH is 6. The van der Waals surface area contributed by atoms with Crippen LogP contribution in [0.4, 0.5) is 0 Å². The van der Waals surface area contributed by atoms with E-state index in [0.717, 1.165) is 39.0 Å². The van der Waals surface area contributed by atoms with Crippen LogP contribution in [0.3, 0.4) is 0 Å². The molecule has 3 fully saturated rings. The zero-order valence-corrected chi connectivity index (χ0v) is 41.9. The maximum atomic E-state index is 14.4. The van der Waals surface area contributed by atoms with Crippen molar-refractivity contribution in [2.24, 2.45) is 5.92 Å². The van der Waals surface area contributed by atoms with Crippen LogP contribution in [0.2, 0.25) is 0 Å². The van der Waals surface area contributed by atoms with E-state index in [4.69, 9.17) is 0 Å². The third-order valence-electron chi connectivity index (χ3n) is 13.8. The zero-order chi connectivity index (χ0) is 55.0. The summed E-state index contributed by atoms with van der Waals surface area (Å²) in [5.74, 6) is -1.92. The summed E-state index contributed by atoms with van der Waals surface area (Å²) in [6.07, 6.45) is -11.4. The first-order valence-corrected chi connectivity index (χ1v) is 25.0. The van der Waals surface area contributed by atoms with E-state index in [1.54, 1.807) is 12.1 Å². The van der Waals surface area contributed by atoms with Crippen molar-refractivity contribution in [3.05, 3.63) is 125 Å². The average Bonchev–Trinajstić information content (AvgIpc) is 4.02. The summed E-state index contributed by atoms with van der Waals surface area (Å²) in [7, 11) is 0. The third-order valence-corrected chi connectivity index (χ3v) is 13.8. The lowest BCUT2D eigenvalue weighted by Gasteiger charge is -2.34. The predicted molar refractivity (Wildman–Crippen MR) is 273 cm³/mol. The van der Waals surface area contributed by atoms with Gasteiger partial charge in [0.1, 0.15) is 60.4 Å². The molecule has 0 bridgehead atoms. The molecule has 76 heavy (non-hydrogen) atoms. The molecule has 3 saturated heterocycles. The van der Waals surface area contributed by atoms with Gasteiger partial charge in [-0.25, -0.2) is 0 Å². The van der Waals surface area contributed by atoms with E-state index in [9.17, 15) is 69.3 Å². The van der Waals surface area contributed by atoms with E-state index < -0.39 is 133 Å². The van der Waals surface area contributed by atoms with E-state index >= 15 is 0 Å². The first-order chi connectivity index (χ1) is 36.2. The van der Waals surface area contributed by atoms with Gasteiger partial charge < -0.3 is 72.1 Å². The van der Waals surface area contributed by atoms with Gasteiger partial charge in [0.2, 0.25) is 35.4 Å². The van der Waals surface area contributed by atoms with Gasteiger partial charge in [-0.05, 0) is 105 Å². The van der Waals surface area contributed by atoms with Gasteiger partial charge in [-0.2, -0.15) is 0 Å². The van der Waals surface area contributed by atoms with Crippen LogP contribution < -0.4 is 26.6 Å². The summed E-state index contributed by atoms with van der Waals surface area (Å²) in [5.41, 5.74) is 3.34. The summed E-state index contributed by atoms with van der Waals surface area (Å²) in [6.45, 7) is 3.51. The van der Waals surface area contributed by atoms with Crippen LogP contribution in [0.5, 0.6) is 5.75 Å². The fraction of sp³-hybridized carbons (Fsp3) is 0.400. The molecule has 0 aromatic heterocycles. The Morgan fingerprint density at radius 3 is 1.79 bits per heavy atom. The monoisotopic (exact) mass is 1050 g/mol. The number of benzene rings is 4. The number of nitrogens with zero attached hydrogens (tertiary/aromatic N) is 2. The maximum Gasteiger partial charge on any atom is 0.251 e. The Kier molecular flexibility index (Phi) is 18.3. The number of hydrogen-bond acceptors (Lipinski definition) is 14. The highest BCUT2D eigenvalue weighted by molar-refractivity contribution is 6.00. The molecule has 3 heterocycles. The number of amides is 7. The first-order valence-electron chi connectivity index (χ1n) is 25.0. The summed E-state index contributed by atoms with van der Waals surface area (Å²) >= 11 is 0. The van der Waals surface area contributed by atoms with E-state index in [-0.39, 0.29) is 42.8 Å². The molecule has 0 spiro atoms. The predicted octanol–water partition coefficient (Wildman–Crippen LogP) is -0.705. The van der Waals surface area contributed by atoms with Crippen LogP contribution in [0, 0.1) is 17.8 Å². The molecule has 4 aromatic rings. The van der Waals surface area contributed by atoms with E-state index in [1.165, 1.54) is 50.2 Å². The van der Waals surface area contributed by atoms with Gasteiger partial charge >= 0.3 is 0 Å². The largest absolute Gasteiger partial charge is 0.508 e. The Balaban J connectivity index is 1.18. The molecule has 7 amide bonds. The van der Waals surface area contributed by atoms with Crippen molar-refractivity contribution in [2.45, 2.75) is 119 Å². The number of phenols is 1. The van der Waals surface area contributed by atoms with Crippen molar-refractivity contribution in [3.63, 3.8) is 0 Å². The highest BCUT2D eigenvalue weighted by Crippen LogP contribution is 2.28. The quantitative estimate of drug-likeness (QED) is 0.0972. The standard InChI is InChI=1S/C55H63N7O14/c1-29-28-62-45(46(29)67)53(74)57-41(66)26-25-39(56-49(70)37-19-17-35(18-20-37)34-15-13-33(14-16-34)12-11-32-8-5-4-6-9-32)50(71)58-42(30(2)63)54(75)61-27-7-10-40(61)51(72)60-44(52(73)59-43(31(3)64)55(62)76)48(69)47(68)36-21-23-38(65)24-22-36/h4-6,8-9,13-24,29-31,39-48,63-69H,7,10,25-28H2,1-3H3,(H,56,70)(H,57,74)(H,58,71)(H,59,73)(H,60,72). The number of fused-ring (bicyclic) bond motifs is 2. The number of nitrogens with one attached hydrogen (secondary N) is 5. The number of rotatable bonds is 8. The SMILES string of the molecule is CC(O)C1NC(=O)C(NC(=O)c2ccc(-c3ccc(C#Cc4ccccc4)cc3)cc2)CCC(O)NC(=O)C2C(O)C(C)CN2C(=O)C(C(C)O)NC(=O)C(C(O)C(O)c2ccc(O)cc2)NC(=O)C2CCCN2C1=O. The maximum absolute atomic E-state index is 14.4. The van der Waals surface area contributed by atoms with Crippen molar-refractivity contribution in [1.82, 2.24) is 36.4 Å². The van der Waals surface area contributed by atoms with Crippen LogP contribution in [0.1, 0.15) is 79.6 Å². The Bertz CT molecular complexity index is 2800. The molecule has 13 unspecified atom stereocenters. The van der Waals surface area contributed by atoms with Crippen molar-refractivity contribution < 1.29 is 69.3 Å². The summed E-state index contributed by atoms with van der Waals surface area (Å²) in [4.78, 5) is 101. The van der Waals surface area contributed by atoms with Gasteiger partial charge in [0.25, 0.3) is 5.91 Å². The Hall–Kier alpha value is -7.71. The lowest BCUT2D eigenvalue weighted by Crippen LogP contribution is -2.64. The lowest BCUT2D eigenvalue weighted by atomic mass is 9.96. The number of carbonyl (C=O) groups is 7. The molecule has 21 heteroatoms. The second-order valence-electron chi connectivity index (χ2n) is 19.5. The number of aromatic hydroxyl groups is 1. The average molecular weight is 1050 g/mol. The van der Waals surface area contributed by atoms with Gasteiger partial charge in [0.05, 0.1) is 18.3 Å². The summed E-state index contributed by atoms with van der Waals surface area (Å²) < 4.78 is 0. The minimum atomic E-state index is -2.20. The van der Waals surface area contributed by atoms with Crippen molar-refractivity contribution in [1.29, 1.82) is 0 Å². The third kappa shape index (κ3) is 13.2. The Morgan fingerprint density at radius 1 is 0.632 bits per heavy atom. The molecule has 13 atom stereocenters. The topological polar surface area (TPSA) is 328 Å². The molecule has 3 aliphatic heterocycles. The van der Waals surface area contributed by atoms with Crippen LogP contribution in [-0.2, 0) is 28.8 Å². The van der Waals surface area contributed by atoms with Crippen molar-refractivity contribution in [2.75, 3.05) is 13.1 Å². The fourth-order valence-corrected chi connectivity index (χ4v) is 9.47. The lowest BCUT2D eigenvalue weighted by molar-refractivity contribution is -0.148. The molecule has 21 nitrogen and oxygen atoms in total. The minimum absolute atomic E-state index is 0.0141. The van der Waals surface area contributed by atoms with Gasteiger partial charge in [-0.3, -0.25) is 33.6 Å². The Morgan fingerprint density at radius 2 is 1.18 bits per heavy atom. The molecule has 7 rings (SSSR count). The summed E-state index contributed by atoms with van der Waals surface area (Å²) in [5, 5.41) is 89.3. The van der Waals surface area contributed by atoms with Crippen molar-refractivity contribution in [3.8, 4) is 28.7 Å². The molecule has 0 aliphatic carbocycles. The van der Waals surface area contributed by atoms with Gasteiger partial charge in [-0.15, -0.1) is 0 Å². The zero-order valence-electron chi connectivity index (χ0n) is 41.9. The molecule has 0 radical (unpaired) electrons. The number of carbonyl (C=O) groups excluding carboxylic acids is 7. The van der Waals surface area contributed by atoms with Gasteiger partial charge in [-0.1, -0.05) is 73.4 Å². The fourth-order valence-electron chi connectivity index (χ4n) is 9.47. The summed E-state index contributed by atoms with van der Waals surface area (Å²) in [6, 6.07) is 17.9. The van der Waals surface area contributed by atoms with Crippen LogP contribution in [0.25, 0.3) is 11.1 Å². The van der Waals surface area contributed by atoms with E-state index in [0.29, 0.717) is 0 Å². The molecule has 12 N–H and O–H groups in total. The number of phenolic OH excluding ortho intramolecular Hbond substituents is 1. The van der Waals surface area contributed by atoms with Crippen molar-refractivity contribution >= 4 is 41.4 Å². The molecule has 0 saturated carbocycles.